The van der Waals surface area contributed by atoms with Crippen LogP contribution in [0.2, 0.25) is 0 Å². The van der Waals surface area contributed by atoms with Crippen molar-refractivity contribution < 1.29 is 9.53 Å². The minimum Gasteiger partial charge on any atom is -0.469 e. The second kappa shape index (κ2) is 11.0. The van der Waals surface area contributed by atoms with E-state index in [9.17, 15) is 4.79 Å². The van der Waals surface area contributed by atoms with Gasteiger partial charge in [0.15, 0.2) is 0 Å². The fourth-order valence-corrected chi connectivity index (χ4v) is 1.73. The number of rotatable bonds is 10. The van der Waals surface area contributed by atoms with E-state index >= 15 is 0 Å². The highest BCUT2D eigenvalue weighted by atomic mass is 16.5. The van der Waals surface area contributed by atoms with Gasteiger partial charge in [-0.15, -0.1) is 0 Å². The summed E-state index contributed by atoms with van der Waals surface area (Å²) in [7, 11) is 1.45. The largest absolute Gasteiger partial charge is 0.469 e. The van der Waals surface area contributed by atoms with E-state index in [1.807, 2.05) is 0 Å². The summed E-state index contributed by atoms with van der Waals surface area (Å²) in [5.41, 5.74) is 0. The van der Waals surface area contributed by atoms with Crippen molar-refractivity contribution in [3.63, 3.8) is 0 Å². The van der Waals surface area contributed by atoms with Crippen molar-refractivity contribution in [1.82, 2.24) is 0 Å². The number of ether oxygens (including phenoxy) is 1. The molecule has 0 saturated carbocycles. The fourth-order valence-electron chi connectivity index (χ4n) is 1.73. The molecule has 2 nitrogen and oxygen atoms in total. The maximum absolute atomic E-state index is 11.0. The lowest BCUT2D eigenvalue weighted by molar-refractivity contribution is -0.141. The molecule has 0 N–H and O–H groups in total. The summed E-state index contributed by atoms with van der Waals surface area (Å²) in [6, 6.07) is 0. The lowest BCUT2D eigenvalue weighted by Gasteiger charge is -2.09. The van der Waals surface area contributed by atoms with Gasteiger partial charge in [-0.05, 0) is 25.2 Å². The number of unbranched alkanes of at least 4 members (excludes halogenated alkanes) is 6. The van der Waals surface area contributed by atoms with Crippen molar-refractivity contribution in [3.05, 3.63) is 6.42 Å². The van der Waals surface area contributed by atoms with Gasteiger partial charge >= 0.3 is 5.97 Å². The van der Waals surface area contributed by atoms with Gasteiger partial charge in [0.05, 0.1) is 7.11 Å². The molecule has 16 heavy (non-hydrogen) atoms. The SMILES string of the molecule is CCCCCC[CH]CCC(C)CC(=O)OC. The molecule has 0 spiro atoms. The summed E-state index contributed by atoms with van der Waals surface area (Å²) >= 11 is 0. The maximum Gasteiger partial charge on any atom is 0.305 e. The molecule has 1 atom stereocenters. The van der Waals surface area contributed by atoms with Gasteiger partial charge in [-0.1, -0.05) is 46.0 Å². The third-order valence-electron chi connectivity index (χ3n) is 2.87. The van der Waals surface area contributed by atoms with Crippen molar-refractivity contribution in [2.24, 2.45) is 5.92 Å². The smallest absolute Gasteiger partial charge is 0.305 e. The molecule has 0 aromatic carbocycles. The lowest BCUT2D eigenvalue weighted by Crippen LogP contribution is -2.07. The highest BCUT2D eigenvalue weighted by Crippen LogP contribution is 2.14. The number of carbonyl (C=O) groups excluding carboxylic acids is 1. The van der Waals surface area contributed by atoms with Crippen LogP contribution in [0.1, 0.15) is 65.2 Å². The van der Waals surface area contributed by atoms with Crippen molar-refractivity contribution in [2.45, 2.75) is 65.2 Å². The topological polar surface area (TPSA) is 26.3 Å². The second-order valence-corrected chi connectivity index (χ2v) is 4.60. The van der Waals surface area contributed by atoms with Gasteiger partial charge < -0.3 is 4.74 Å². The van der Waals surface area contributed by atoms with Crippen LogP contribution < -0.4 is 0 Å². The predicted molar refractivity (Wildman–Crippen MR) is 68.1 cm³/mol. The van der Waals surface area contributed by atoms with E-state index in [-0.39, 0.29) is 5.97 Å². The Bertz CT molecular complexity index is 166. The Labute approximate surface area is 101 Å². The zero-order chi connectivity index (χ0) is 12.2. The monoisotopic (exact) mass is 227 g/mol. The van der Waals surface area contributed by atoms with Gasteiger partial charge in [0.1, 0.15) is 0 Å². The first kappa shape index (κ1) is 15.5. The van der Waals surface area contributed by atoms with Crippen LogP contribution in [0.15, 0.2) is 0 Å². The number of hydrogen-bond donors (Lipinski definition) is 0. The summed E-state index contributed by atoms with van der Waals surface area (Å²) in [6.07, 6.45) is 11.7. The van der Waals surface area contributed by atoms with Crippen LogP contribution in [0.25, 0.3) is 0 Å². The summed E-state index contributed by atoms with van der Waals surface area (Å²) in [6.45, 7) is 4.35. The molecule has 0 amide bonds. The highest BCUT2D eigenvalue weighted by Gasteiger charge is 2.08. The molecule has 0 bridgehead atoms. The Morgan fingerprint density at radius 1 is 1.25 bits per heavy atom. The molecule has 0 aromatic rings. The van der Waals surface area contributed by atoms with E-state index in [4.69, 9.17) is 0 Å². The molecule has 0 aliphatic carbocycles. The molecule has 1 unspecified atom stereocenters. The van der Waals surface area contributed by atoms with E-state index in [1.54, 1.807) is 0 Å². The fraction of sp³-hybridized carbons (Fsp3) is 0.857. The standard InChI is InChI=1S/C14H27O2/c1-4-5-6-7-8-9-10-11-13(2)12-14(15)16-3/h9,13H,4-8,10-12H2,1-3H3. The number of hydrogen-bond acceptors (Lipinski definition) is 2. The highest BCUT2D eigenvalue weighted by molar-refractivity contribution is 5.69. The molecule has 0 aliphatic heterocycles. The van der Waals surface area contributed by atoms with Crippen LogP contribution in [0.5, 0.6) is 0 Å². The van der Waals surface area contributed by atoms with Gasteiger partial charge in [-0.2, -0.15) is 0 Å². The van der Waals surface area contributed by atoms with Gasteiger partial charge in [0.25, 0.3) is 0 Å². The number of carbonyl (C=O) groups is 1. The van der Waals surface area contributed by atoms with Gasteiger partial charge in [0, 0.05) is 6.42 Å². The molecule has 0 fully saturated rings. The lowest BCUT2D eigenvalue weighted by atomic mass is 9.99. The minimum atomic E-state index is -0.0876. The molecule has 0 rings (SSSR count). The number of esters is 1. The summed E-state index contributed by atoms with van der Waals surface area (Å²) in [5.74, 6) is 0.356. The van der Waals surface area contributed by atoms with E-state index in [0.717, 1.165) is 12.8 Å². The quantitative estimate of drug-likeness (QED) is 0.414. The first-order valence-electron chi connectivity index (χ1n) is 6.59. The zero-order valence-corrected chi connectivity index (χ0v) is 11.1. The van der Waals surface area contributed by atoms with Gasteiger partial charge in [-0.25, -0.2) is 0 Å². The first-order valence-corrected chi connectivity index (χ1v) is 6.59. The molecular weight excluding hydrogens is 200 g/mol. The average molecular weight is 227 g/mol. The van der Waals surface area contributed by atoms with Crippen LogP contribution in [-0.4, -0.2) is 13.1 Å². The molecular formula is C14H27O2. The summed E-state index contributed by atoms with van der Waals surface area (Å²) in [5, 5.41) is 0. The van der Waals surface area contributed by atoms with Crippen LogP contribution in [-0.2, 0) is 9.53 Å². The molecule has 0 aromatic heterocycles. The molecule has 95 valence electrons. The Morgan fingerprint density at radius 3 is 2.62 bits per heavy atom. The summed E-state index contributed by atoms with van der Waals surface area (Å²) < 4.78 is 4.64. The van der Waals surface area contributed by atoms with Crippen molar-refractivity contribution in [2.75, 3.05) is 7.11 Å². The molecule has 2 heteroatoms. The van der Waals surface area contributed by atoms with E-state index in [0.29, 0.717) is 12.3 Å². The van der Waals surface area contributed by atoms with E-state index < -0.39 is 0 Å². The summed E-state index contributed by atoms with van der Waals surface area (Å²) in [4.78, 5) is 11.0. The maximum atomic E-state index is 11.0. The molecule has 1 radical (unpaired) electrons. The second-order valence-electron chi connectivity index (χ2n) is 4.60. The average Bonchev–Trinajstić information content (AvgIpc) is 2.27. The molecule has 0 saturated heterocycles. The Morgan fingerprint density at radius 2 is 2.00 bits per heavy atom. The van der Waals surface area contributed by atoms with Crippen molar-refractivity contribution >= 4 is 5.97 Å². The Kier molecular flexibility index (Phi) is 10.6. The number of methoxy groups -OCH3 is 1. The van der Waals surface area contributed by atoms with Crippen molar-refractivity contribution in [1.29, 1.82) is 0 Å². The van der Waals surface area contributed by atoms with E-state index in [2.05, 4.69) is 25.0 Å². The third-order valence-corrected chi connectivity index (χ3v) is 2.87. The third kappa shape index (κ3) is 10.0. The normalized spacial score (nSPS) is 12.4. The predicted octanol–water partition coefficient (Wildman–Crippen LogP) is 4.14. The van der Waals surface area contributed by atoms with Crippen LogP contribution in [0.3, 0.4) is 0 Å². The van der Waals surface area contributed by atoms with Crippen LogP contribution in [0, 0.1) is 12.3 Å². The Hall–Kier alpha value is -0.530. The Balaban J connectivity index is 3.21. The van der Waals surface area contributed by atoms with Crippen LogP contribution >= 0.6 is 0 Å². The molecule has 0 heterocycles. The minimum absolute atomic E-state index is 0.0876. The van der Waals surface area contributed by atoms with Gasteiger partial charge in [0.2, 0.25) is 0 Å². The van der Waals surface area contributed by atoms with Gasteiger partial charge in [-0.3, -0.25) is 4.79 Å². The molecule has 0 aliphatic rings. The van der Waals surface area contributed by atoms with Crippen molar-refractivity contribution in [3.8, 4) is 0 Å². The first-order chi connectivity index (χ1) is 7.70. The van der Waals surface area contributed by atoms with E-state index in [1.165, 1.54) is 39.2 Å². The zero-order valence-electron chi connectivity index (χ0n) is 11.1. The van der Waals surface area contributed by atoms with Crippen LogP contribution in [0.4, 0.5) is 0 Å².